The molecule has 10 heteroatoms. The van der Waals surface area contributed by atoms with Crippen LogP contribution in [0.25, 0.3) is 0 Å². The van der Waals surface area contributed by atoms with Gasteiger partial charge in [-0.25, -0.2) is 0 Å². The molecular weight excluding hydrogens is 458 g/mol. The van der Waals surface area contributed by atoms with Crippen LogP contribution in [0, 0.1) is 0 Å². The summed E-state index contributed by atoms with van der Waals surface area (Å²) in [6.07, 6.45) is 10.8. The van der Waals surface area contributed by atoms with Gasteiger partial charge in [-0.3, -0.25) is 14.8 Å². The molecule has 0 radical (unpaired) electrons. The summed E-state index contributed by atoms with van der Waals surface area (Å²) in [7, 11) is 0. The van der Waals surface area contributed by atoms with Crippen molar-refractivity contribution in [1.82, 2.24) is 5.32 Å². The van der Waals surface area contributed by atoms with Crippen molar-refractivity contribution in [2.45, 2.75) is 84.1 Å². The first-order chi connectivity index (χ1) is 17.4. The third kappa shape index (κ3) is 16.5. The Morgan fingerprint density at radius 3 is 1.97 bits per heavy atom. The molecule has 0 bridgehead atoms. The van der Waals surface area contributed by atoms with E-state index in [0.717, 1.165) is 44.1 Å². The van der Waals surface area contributed by atoms with Crippen molar-refractivity contribution in [2.75, 3.05) is 26.3 Å². The topological polar surface area (TPSA) is 176 Å². The summed E-state index contributed by atoms with van der Waals surface area (Å²) in [6, 6.07) is 5.77. The van der Waals surface area contributed by atoms with E-state index in [1.165, 1.54) is 25.7 Å². The maximum atomic E-state index is 12.2. The van der Waals surface area contributed by atoms with Crippen molar-refractivity contribution >= 4 is 17.8 Å². The molecule has 0 saturated heterocycles. The number of nitrogens with one attached hydrogen (secondary N) is 1. The van der Waals surface area contributed by atoms with Crippen LogP contribution in [-0.4, -0.2) is 44.1 Å². The van der Waals surface area contributed by atoms with Crippen molar-refractivity contribution in [2.24, 2.45) is 32.9 Å². The predicted molar refractivity (Wildman–Crippen MR) is 147 cm³/mol. The number of benzene rings is 1. The van der Waals surface area contributed by atoms with Crippen LogP contribution in [0.3, 0.4) is 0 Å². The van der Waals surface area contributed by atoms with E-state index in [1.807, 2.05) is 18.2 Å². The van der Waals surface area contributed by atoms with Crippen LogP contribution in [0.1, 0.15) is 83.1 Å². The lowest BCUT2D eigenvalue weighted by Gasteiger charge is -2.15. The molecule has 0 heterocycles. The quantitative estimate of drug-likeness (QED) is 0.0968. The lowest BCUT2D eigenvalue weighted by atomic mass is 10.1. The number of amides is 1. The number of hydrogen-bond donors (Lipinski definition) is 5. The van der Waals surface area contributed by atoms with Crippen molar-refractivity contribution in [1.29, 1.82) is 0 Å². The van der Waals surface area contributed by atoms with E-state index >= 15 is 0 Å². The second-order valence-corrected chi connectivity index (χ2v) is 8.80. The highest BCUT2D eigenvalue weighted by Crippen LogP contribution is 2.29. The fourth-order valence-corrected chi connectivity index (χ4v) is 3.46. The van der Waals surface area contributed by atoms with Crippen molar-refractivity contribution in [3.05, 3.63) is 23.8 Å². The molecule has 0 aliphatic carbocycles. The zero-order chi connectivity index (χ0) is 26.4. The Balaban J connectivity index is 2.55. The second kappa shape index (κ2) is 20.1. The summed E-state index contributed by atoms with van der Waals surface area (Å²) in [5, 5.41) is 3.01. The Kier molecular flexibility index (Phi) is 17.2. The van der Waals surface area contributed by atoms with Crippen LogP contribution in [-0.2, 0) is 11.3 Å². The number of guanidine groups is 2. The molecule has 0 spiro atoms. The predicted octanol–water partition coefficient (Wildman–Crippen LogP) is 2.92. The lowest BCUT2D eigenvalue weighted by molar-refractivity contribution is -0.121. The van der Waals surface area contributed by atoms with Crippen molar-refractivity contribution in [3.8, 4) is 11.5 Å². The minimum atomic E-state index is 0.0776. The molecule has 0 aliphatic rings. The molecule has 1 aromatic carbocycles. The van der Waals surface area contributed by atoms with Gasteiger partial charge in [0.1, 0.15) is 0 Å². The SMILES string of the molecule is CCCCCCCCC(=O)NCc1ccc(OCCCCN=C(N)N)c(OCCCCN=C(N)N)c1. The van der Waals surface area contributed by atoms with E-state index in [0.29, 0.717) is 50.8 Å². The van der Waals surface area contributed by atoms with Gasteiger partial charge in [0.15, 0.2) is 23.4 Å². The number of hydrogen-bond acceptors (Lipinski definition) is 5. The van der Waals surface area contributed by atoms with Gasteiger partial charge >= 0.3 is 0 Å². The Hall–Kier alpha value is -3.17. The van der Waals surface area contributed by atoms with E-state index < -0.39 is 0 Å². The number of carbonyl (C=O) groups excluding carboxylic acids is 1. The van der Waals surface area contributed by atoms with Gasteiger partial charge in [0, 0.05) is 26.1 Å². The van der Waals surface area contributed by atoms with Crippen LogP contribution in [0.15, 0.2) is 28.2 Å². The van der Waals surface area contributed by atoms with Gasteiger partial charge in [0.25, 0.3) is 0 Å². The number of carbonyl (C=O) groups is 1. The van der Waals surface area contributed by atoms with Gasteiger partial charge in [0.05, 0.1) is 13.2 Å². The summed E-state index contributed by atoms with van der Waals surface area (Å²) in [6.45, 7) is 4.82. The minimum Gasteiger partial charge on any atom is -0.490 e. The summed E-state index contributed by atoms with van der Waals surface area (Å²) in [5.41, 5.74) is 22.4. The van der Waals surface area contributed by atoms with Gasteiger partial charge in [-0.1, -0.05) is 45.1 Å². The number of aliphatic imine (C=N–C) groups is 2. The van der Waals surface area contributed by atoms with E-state index in [9.17, 15) is 4.79 Å². The smallest absolute Gasteiger partial charge is 0.220 e. The summed E-state index contributed by atoms with van der Waals surface area (Å²) in [4.78, 5) is 20.2. The van der Waals surface area contributed by atoms with Gasteiger partial charge in [-0.15, -0.1) is 0 Å². The van der Waals surface area contributed by atoms with E-state index in [4.69, 9.17) is 32.4 Å². The number of nitrogens with zero attached hydrogens (tertiary/aromatic N) is 2. The van der Waals surface area contributed by atoms with Crippen LogP contribution >= 0.6 is 0 Å². The van der Waals surface area contributed by atoms with Crippen molar-refractivity contribution < 1.29 is 14.3 Å². The Morgan fingerprint density at radius 1 is 0.778 bits per heavy atom. The molecule has 0 unspecified atom stereocenters. The standard InChI is InChI=1S/C26H47N7O3/c1-2-3-4-5-6-7-12-24(34)33-20-21-13-14-22(35-17-10-8-15-31-25(27)28)23(19-21)36-18-11-9-16-32-26(29)30/h13-14,19H,2-12,15-18,20H2,1H3,(H,33,34)(H4,27,28,31)(H4,29,30,32). The number of rotatable bonds is 21. The highest BCUT2D eigenvalue weighted by Gasteiger charge is 2.09. The number of nitrogens with two attached hydrogens (primary N) is 4. The van der Waals surface area contributed by atoms with Gasteiger partial charge in [-0.2, -0.15) is 0 Å². The molecular formula is C26H47N7O3. The molecule has 0 aromatic heterocycles. The largest absolute Gasteiger partial charge is 0.490 e. The Morgan fingerprint density at radius 2 is 1.36 bits per heavy atom. The third-order valence-electron chi connectivity index (χ3n) is 5.46. The molecule has 0 aliphatic heterocycles. The monoisotopic (exact) mass is 505 g/mol. The van der Waals surface area contributed by atoms with E-state index in [2.05, 4.69) is 22.2 Å². The van der Waals surface area contributed by atoms with Crippen molar-refractivity contribution in [3.63, 3.8) is 0 Å². The lowest BCUT2D eigenvalue weighted by Crippen LogP contribution is -2.23. The Labute approximate surface area is 216 Å². The zero-order valence-corrected chi connectivity index (χ0v) is 22.0. The van der Waals surface area contributed by atoms with Crippen LogP contribution < -0.4 is 37.7 Å². The van der Waals surface area contributed by atoms with Gasteiger partial charge in [-0.05, 0) is 49.8 Å². The summed E-state index contributed by atoms with van der Waals surface area (Å²) >= 11 is 0. The first kappa shape index (κ1) is 30.9. The molecule has 1 rings (SSSR count). The molecule has 1 aromatic rings. The summed E-state index contributed by atoms with van der Waals surface area (Å²) in [5.74, 6) is 1.60. The maximum Gasteiger partial charge on any atom is 0.220 e. The molecule has 36 heavy (non-hydrogen) atoms. The zero-order valence-electron chi connectivity index (χ0n) is 22.0. The number of unbranched alkanes of at least 4 members (excludes halogenated alkanes) is 7. The second-order valence-electron chi connectivity index (χ2n) is 8.80. The number of ether oxygens (including phenoxy) is 2. The molecule has 9 N–H and O–H groups in total. The van der Waals surface area contributed by atoms with Gasteiger partial charge < -0.3 is 37.7 Å². The highest BCUT2D eigenvalue weighted by atomic mass is 16.5. The van der Waals surface area contributed by atoms with E-state index in [1.54, 1.807) is 0 Å². The highest BCUT2D eigenvalue weighted by molar-refractivity contribution is 5.76. The molecule has 1 amide bonds. The van der Waals surface area contributed by atoms with E-state index in [-0.39, 0.29) is 17.8 Å². The van der Waals surface area contributed by atoms with Gasteiger partial charge in [0.2, 0.25) is 5.91 Å². The molecule has 0 atom stereocenters. The average Bonchev–Trinajstić information content (AvgIpc) is 2.84. The fraction of sp³-hybridized carbons (Fsp3) is 0.654. The Bertz CT molecular complexity index is 792. The molecule has 10 nitrogen and oxygen atoms in total. The fourth-order valence-electron chi connectivity index (χ4n) is 3.46. The molecule has 0 saturated carbocycles. The maximum absolute atomic E-state index is 12.2. The molecule has 0 fully saturated rings. The van der Waals surface area contributed by atoms with Crippen LogP contribution in [0.4, 0.5) is 0 Å². The third-order valence-corrected chi connectivity index (χ3v) is 5.46. The average molecular weight is 506 g/mol. The molecule has 204 valence electrons. The van der Waals surface area contributed by atoms with Crippen LogP contribution in [0.2, 0.25) is 0 Å². The first-order valence-electron chi connectivity index (χ1n) is 13.2. The van der Waals surface area contributed by atoms with Crippen LogP contribution in [0.5, 0.6) is 11.5 Å². The minimum absolute atomic E-state index is 0.0776. The first-order valence-corrected chi connectivity index (χ1v) is 13.2. The normalized spacial score (nSPS) is 10.5. The summed E-state index contributed by atoms with van der Waals surface area (Å²) < 4.78 is 12.0.